The minimum absolute atomic E-state index is 0.128. The van der Waals surface area contributed by atoms with Crippen LogP contribution in [0, 0.1) is 17.3 Å². The van der Waals surface area contributed by atoms with Crippen molar-refractivity contribution in [1.82, 2.24) is 34.0 Å². The Morgan fingerprint density at radius 2 is 1.84 bits per heavy atom. The SMILES string of the molecule is CC1(CO)CCN(c2cc(Nc3ccnc(-c4cnn(S(=O)(=O)C5CC5)c4)n3)ncc2C#Cc2cccc(C(=O)N3CCOCC3)n2)CC1. The molecule has 0 aromatic carbocycles. The minimum atomic E-state index is -3.50. The number of aliphatic hydroxyl groups excluding tert-OH is 1. The van der Waals surface area contributed by atoms with E-state index in [1.54, 1.807) is 41.6 Å². The maximum atomic E-state index is 13.0. The fourth-order valence-electron chi connectivity index (χ4n) is 5.78. The fraction of sp³-hybridized carbons (Fsp3) is 0.412. The Hall–Kier alpha value is -4.91. The zero-order valence-electron chi connectivity index (χ0n) is 27.1. The lowest BCUT2D eigenvalue weighted by Crippen LogP contribution is -2.41. The summed E-state index contributed by atoms with van der Waals surface area (Å²) in [6, 6.07) is 8.87. The average Bonchev–Trinajstić information content (AvgIpc) is 3.88. The summed E-state index contributed by atoms with van der Waals surface area (Å²) >= 11 is 0. The van der Waals surface area contributed by atoms with Crippen molar-refractivity contribution < 1.29 is 23.1 Å². The van der Waals surface area contributed by atoms with Crippen LogP contribution in [-0.4, -0.2) is 105 Å². The second-order valence-corrected chi connectivity index (χ2v) is 14.9. The van der Waals surface area contributed by atoms with Gasteiger partial charge >= 0.3 is 0 Å². The van der Waals surface area contributed by atoms with Gasteiger partial charge in [-0.1, -0.05) is 18.9 Å². The Morgan fingerprint density at radius 3 is 2.59 bits per heavy atom. The molecule has 3 aliphatic rings. The first-order chi connectivity index (χ1) is 23.7. The molecule has 2 aliphatic heterocycles. The molecule has 4 aromatic rings. The maximum absolute atomic E-state index is 13.0. The normalized spacial score (nSPS) is 17.7. The third kappa shape index (κ3) is 7.26. The molecule has 1 saturated carbocycles. The Morgan fingerprint density at radius 1 is 1.04 bits per heavy atom. The molecule has 0 bridgehead atoms. The molecule has 14 nitrogen and oxygen atoms in total. The van der Waals surface area contributed by atoms with Crippen LogP contribution in [-0.2, 0) is 14.8 Å². The van der Waals surface area contributed by atoms with E-state index in [9.17, 15) is 18.3 Å². The largest absolute Gasteiger partial charge is 0.396 e. The number of piperidine rings is 1. The van der Waals surface area contributed by atoms with Crippen molar-refractivity contribution in [1.29, 1.82) is 0 Å². The lowest BCUT2D eigenvalue weighted by Gasteiger charge is -2.39. The van der Waals surface area contributed by atoms with Gasteiger partial charge in [0.2, 0.25) is 0 Å². The number of aliphatic hydroxyl groups is 1. The van der Waals surface area contributed by atoms with Gasteiger partial charge in [0.05, 0.1) is 47.7 Å². The Labute approximate surface area is 284 Å². The van der Waals surface area contributed by atoms with Gasteiger partial charge in [-0.2, -0.15) is 9.19 Å². The van der Waals surface area contributed by atoms with Crippen LogP contribution in [0.15, 0.2) is 55.1 Å². The number of nitrogens with zero attached hydrogens (tertiary/aromatic N) is 8. The number of ether oxygens (including phenoxy) is 1. The molecular weight excluding hydrogens is 646 g/mol. The van der Waals surface area contributed by atoms with E-state index in [4.69, 9.17) is 4.74 Å². The number of morpholine rings is 1. The highest BCUT2D eigenvalue weighted by Gasteiger charge is 2.38. The lowest BCUT2D eigenvalue weighted by molar-refractivity contribution is 0.0299. The van der Waals surface area contributed by atoms with Crippen LogP contribution in [0.1, 0.15) is 54.4 Å². The summed E-state index contributed by atoms with van der Waals surface area (Å²) in [6.07, 6.45) is 9.09. The van der Waals surface area contributed by atoms with E-state index < -0.39 is 10.0 Å². The monoisotopic (exact) mass is 683 g/mol. The third-order valence-corrected chi connectivity index (χ3v) is 11.1. The molecule has 1 amide bonds. The van der Waals surface area contributed by atoms with Gasteiger partial charge in [-0.25, -0.2) is 28.4 Å². The van der Waals surface area contributed by atoms with Gasteiger partial charge in [0.25, 0.3) is 15.9 Å². The topological polar surface area (TPSA) is 169 Å². The predicted molar refractivity (Wildman–Crippen MR) is 182 cm³/mol. The quantitative estimate of drug-likeness (QED) is 0.261. The molecule has 6 heterocycles. The van der Waals surface area contributed by atoms with Gasteiger partial charge in [0, 0.05) is 51.2 Å². The highest BCUT2D eigenvalue weighted by Crippen LogP contribution is 2.35. The first kappa shape index (κ1) is 32.6. The van der Waals surface area contributed by atoms with Crippen molar-refractivity contribution in [3.8, 4) is 23.2 Å². The summed E-state index contributed by atoms with van der Waals surface area (Å²) in [5.41, 5.74) is 2.71. The van der Waals surface area contributed by atoms with Crippen LogP contribution in [0.5, 0.6) is 0 Å². The molecule has 254 valence electrons. The van der Waals surface area contributed by atoms with E-state index in [0.717, 1.165) is 35.7 Å². The van der Waals surface area contributed by atoms with Crippen LogP contribution in [0.2, 0.25) is 0 Å². The van der Waals surface area contributed by atoms with Crippen LogP contribution in [0.3, 0.4) is 0 Å². The first-order valence-electron chi connectivity index (χ1n) is 16.3. The summed E-state index contributed by atoms with van der Waals surface area (Å²) in [5.74, 6) is 7.55. The minimum Gasteiger partial charge on any atom is -0.396 e. The molecule has 0 atom stereocenters. The first-order valence-corrected chi connectivity index (χ1v) is 17.8. The molecule has 49 heavy (non-hydrogen) atoms. The number of pyridine rings is 2. The van der Waals surface area contributed by atoms with Gasteiger partial charge < -0.3 is 25.0 Å². The molecule has 0 spiro atoms. The van der Waals surface area contributed by atoms with Crippen molar-refractivity contribution in [2.75, 3.05) is 56.2 Å². The number of hydrogen-bond donors (Lipinski definition) is 2. The second kappa shape index (κ2) is 13.5. The highest BCUT2D eigenvalue weighted by atomic mass is 32.2. The van der Waals surface area contributed by atoms with Crippen LogP contribution in [0.4, 0.5) is 17.3 Å². The molecule has 2 N–H and O–H groups in total. The number of nitrogens with one attached hydrogen (secondary N) is 1. The van der Waals surface area contributed by atoms with Gasteiger partial charge in [-0.15, -0.1) is 0 Å². The number of rotatable bonds is 8. The lowest BCUT2D eigenvalue weighted by atomic mass is 9.81. The Kier molecular flexibility index (Phi) is 9.01. The van der Waals surface area contributed by atoms with Crippen molar-refractivity contribution >= 4 is 33.3 Å². The van der Waals surface area contributed by atoms with Gasteiger partial charge in [-0.3, -0.25) is 4.79 Å². The van der Waals surface area contributed by atoms with Crippen LogP contribution < -0.4 is 10.2 Å². The molecule has 3 fully saturated rings. The third-order valence-electron chi connectivity index (χ3n) is 9.10. The summed E-state index contributed by atoms with van der Waals surface area (Å²) in [5, 5.41) is 16.9. The predicted octanol–water partition coefficient (Wildman–Crippen LogP) is 2.69. The maximum Gasteiger partial charge on any atom is 0.272 e. The molecule has 15 heteroatoms. The standard InChI is InChI=1S/C34H37N9O5S/c1-34(23-44)10-13-41(14-11-34)29-19-31(39-30-9-12-35-32(40-30)25-21-37-43(22-25)49(46,47)27-7-8-27)36-20-24(29)5-6-26-3-2-4-28(38-26)33(45)42-15-17-48-18-16-42/h2-4,9,12,19-22,27,44H,7-8,10-11,13-18,23H2,1H3,(H,35,36,39,40). The zero-order chi connectivity index (χ0) is 34.0. The van der Waals surface area contributed by atoms with Crippen LogP contribution in [0.25, 0.3) is 11.4 Å². The summed E-state index contributed by atoms with van der Waals surface area (Å²) in [4.78, 5) is 35.1. The Bertz CT molecular complexity index is 2020. The summed E-state index contributed by atoms with van der Waals surface area (Å²) in [7, 11) is -3.50. The van der Waals surface area contributed by atoms with Crippen molar-refractivity contribution in [3.63, 3.8) is 0 Å². The Balaban J connectivity index is 1.14. The molecule has 7 rings (SSSR count). The fourth-order valence-corrected chi connectivity index (χ4v) is 7.25. The van der Waals surface area contributed by atoms with Gasteiger partial charge in [0.1, 0.15) is 23.0 Å². The average molecular weight is 684 g/mol. The zero-order valence-corrected chi connectivity index (χ0v) is 27.9. The number of amides is 1. The molecule has 0 unspecified atom stereocenters. The molecule has 1 aliphatic carbocycles. The highest BCUT2D eigenvalue weighted by molar-refractivity contribution is 7.90. The van der Waals surface area contributed by atoms with Crippen molar-refractivity contribution in [3.05, 3.63) is 72.1 Å². The van der Waals surface area contributed by atoms with E-state index in [1.807, 2.05) is 6.07 Å². The number of carbonyl (C=O) groups excluding carboxylic acids is 1. The molecule has 2 saturated heterocycles. The van der Waals surface area contributed by atoms with E-state index in [0.29, 0.717) is 79.1 Å². The number of hydrogen-bond acceptors (Lipinski definition) is 12. The number of carbonyl (C=O) groups is 1. The van der Waals surface area contributed by atoms with Crippen molar-refractivity contribution in [2.45, 2.75) is 37.9 Å². The van der Waals surface area contributed by atoms with Gasteiger partial charge in [-0.05, 0) is 55.2 Å². The van der Waals surface area contributed by atoms with E-state index >= 15 is 0 Å². The molecule has 0 radical (unpaired) electrons. The van der Waals surface area contributed by atoms with E-state index in [-0.39, 0.29) is 23.2 Å². The summed E-state index contributed by atoms with van der Waals surface area (Å²) in [6.45, 7) is 5.76. The van der Waals surface area contributed by atoms with Crippen molar-refractivity contribution in [2.24, 2.45) is 5.41 Å². The van der Waals surface area contributed by atoms with E-state index in [1.165, 1.54) is 12.4 Å². The summed E-state index contributed by atoms with van der Waals surface area (Å²) < 4.78 is 31.6. The molecule has 4 aromatic heterocycles. The number of aromatic nitrogens is 6. The second-order valence-electron chi connectivity index (χ2n) is 12.8. The number of anilines is 3. The van der Waals surface area contributed by atoms with Gasteiger partial charge in [0.15, 0.2) is 5.82 Å². The van der Waals surface area contributed by atoms with E-state index in [2.05, 4.69) is 54.0 Å². The molecular formula is C34H37N9O5S. The smallest absolute Gasteiger partial charge is 0.272 e. The van der Waals surface area contributed by atoms with Crippen LogP contribution >= 0.6 is 0 Å².